The van der Waals surface area contributed by atoms with E-state index in [2.05, 4.69) is 16.0 Å². The molecule has 1 aromatic rings. The van der Waals surface area contributed by atoms with Crippen LogP contribution in [0.25, 0.3) is 0 Å². The predicted molar refractivity (Wildman–Crippen MR) is 139 cm³/mol. The van der Waals surface area contributed by atoms with Crippen LogP contribution in [-0.2, 0) is 11.3 Å². The molecule has 2 aliphatic rings. The fourth-order valence-corrected chi connectivity index (χ4v) is 4.32. The van der Waals surface area contributed by atoms with E-state index >= 15 is 0 Å². The molecule has 3 rings (SSSR count). The Morgan fingerprint density at radius 1 is 1.09 bits per heavy atom. The second-order valence-electron chi connectivity index (χ2n) is 8.39. The molecule has 0 unspecified atom stereocenters. The first-order chi connectivity index (χ1) is 15.2. The zero-order chi connectivity index (χ0) is 21.9. The molecule has 0 aromatic heterocycles. The highest BCUT2D eigenvalue weighted by Crippen LogP contribution is 2.35. The summed E-state index contributed by atoms with van der Waals surface area (Å²) in [5.74, 6) is 2.36. The lowest BCUT2D eigenvalue weighted by Gasteiger charge is -2.19. The molecule has 0 radical (unpaired) electrons. The van der Waals surface area contributed by atoms with Gasteiger partial charge < -0.3 is 25.4 Å². The van der Waals surface area contributed by atoms with Crippen molar-refractivity contribution in [3.05, 3.63) is 23.8 Å². The minimum atomic E-state index is 0. The summed E-state index contributed by atoms with van der Waals surface area (Å²) < 4.78 is 11.9. The number of para-hydroxylation sites is 1. The quantitative estimate of drug-likeness (QED) is 0.229. The van der Waals surface area contributed by atoms with Crippen molar-refractivity contribution < 1.29 is 14.3 Å². The van der Waals surface area contributed by atoms with E-state index in [4.69, 9.17) is 14.5 Å². The van der Waals surface area contributed by atoms with Gasteiger partial charge in [0.1, 0.15) is 0 Å². The van der Waals surface area contributed by atoms with E-state index in [-0.39, 0.29) is 36.0 Å². The first-order valence-electron chi connectivity index (χ1n) is 11.8. The molecule has 3 N–H and O–H groups in total. The van der Waals surface area contributed by atoms with Crippen LogP contribution in [0.15, 0.2) is 23.2 Å². The van der Waals surface area contributed by atoms with Gasteiger partial charge in [-0.3, -0.25) is 4.79 Å². The van der Waals surface area contributed by atoms with Gasteiger partial charge in [0, 0.05) is 31.1 Å². The maximum atomic E-state index is 12.2. The Balaban J connectivity index is 0.00000363. The molecule has 0 saturated heterocycles. The minimum Gasteiger partial charge on any atom is -0.493 e. The molecule has 1 aromatic carbocycles. The SMILES string of the molecule is CCNC(=NCc1cccc(OC)c1OC1CCCC1)NCCC(=O)NC1CCCC1.I. The average Bonchev–Trinajstić information content (AvgIpc) is 3.47. The summed E-state index contributed by atoms with van der Waals surface area (Å²) in [5, 5.41) is 9.66. The predicted octanol–water partition coefficient (Wildman–Crippen LogP) is 4.14. The highest BCUT2D eigenvalue weighted by Gasteiger charge is 2.20. The molecule has 0 spiro atoms. The molecule has 1 amide bonds. The van der Waals surface area contributed by atoms with Crippen molar-refractivity contribution in [2.75, 3.05) is 20.2 Å². The van der Waals surface area contributed by atoms with Gasteiger partial charge >= 0.3 is 0 Å². The van der Waals surface area contributed by atoms with Crippen LogP contribution in [0.1, 0.15) is 70.3 Å². The van der Waals surface area contributed by atoms with Crippen LogP contribution in [0, 0.1) is 0 Å². The van der Waals surface area contributed by atoms with Crippen molar-refractivity contribution in [3.8, 4) is 11.5 Å². The Morgan fingerprint density at radius 3 is 2.50 bits per heavy atom. The van der Waals surface area contributed by atoms with Gasteiger partial charge in [0.15, 0.2) is 17.5 Å². The highest BCUT2D eigenvalue weighted by atomic mass is 127. The third kappa shape index (κ3) is 8.33. The largest absolute Gasteiger partial charge is 0.493 e. The van der Waals surface area contributed by atoms with Crippen LogP contribution in [0.2, 0.25) is 0 Å². The van der Waals surface area contributed by atoms with Crippen molar-refractivity contribution in [3.63, 3.8) is 0 Å². The summed E-state index contributed by atoms with van der Waals surface area (Å²) in [5.41, 5.74) is 1.00. The number of aliphatic imine (C=N–C) groups is 1. The number of methoxy groups -OCH3 is 1. The Kier molecular flexibility index (Phi) is 12.0. The van der Waals surface area contributed by atoms with E-state index in [1.165, 1.54) is 25.7 Å². The average molecular weight is 559 g/mol. The molecule has 0 bridgehead atoms. The molecule has 2 saturated carbocycles. The maximum Gasteiger partial charge on any atom is 0.221 e. The summed E-state index contributed by atoms with van der Waals surface area (Å²) in [7, 11) is 1.67. The third-order valence-electron chi connectivity index (χ3n) is 5.98. The highest BCUT2D eigenvalue weighted by molar-refractivity contribution is 14.0. The molecule has 2 fully saturated rings. The van der Waals surface area contributed by atoms with Crippen LogP contribution in [0.5, 0.6) is 11.5 Å². The molecule has 0 atom stereocenters. The van der Waals surface area contributed by atoms with Crippen LogP contribution >= 0.6 is 24.0 Å². The number of amides is 1. The van der Waals surface area contributed by atoms with Crippen LogP contribution in [0.4, 0.5) is 0 Å². The maximum absolute atomic E-state index is 12.2. The zero-order valence-electron chi connectivity index (χ0n) is 19.5. The monoisotopic (exact) mass is 558 g/mol. The second-order valence-corrected chi connectivity index (χ2v) is 8.39. The number of carbonyl (C=O) groups is 1. The van der Waals surface area contributed by atoms with Crippen LogP contribution < -0.4 is 25.4 Å². The summed E-state index contributed by atoms with van der Waals surface area (Å²) in [4.78, 5) is 16.9. The summed E-state index contributed by atoms with van der Waals surface area (Å²) >= 11 is 0. The standard InChI is InChI=1S/C24H38N4O3.HI/c1-3-25-24(26-16-15-22(29)28-19-10-4-5-11-19)27-17-18-9-8-14-21(30-2)23(18)31-20-12-6-7-13-20;/h8-9,14,19-20H,3-7,10-13,15-17H2,1-2H3,(H,28,29)(H2,25,26,27);1H. The van der Waals surface area contributed by atoms with Crippen molar-refractivity contribution in [2.45, 2.75) is 83.4 Å². The Morgan fingerprint density at radius 2 is 1.81 bits per heavy atom. The lowest BCUT2D eigenvalue weighted by Crippen LogP contribution is -2.40. The summed E-state index contributed by atoms with van der Waals surface area (Å²) in [6, 6.07) is 6.30. The number of carbonyl (C=O) groups excluding carboxylic acids is 1. The normalized spacial score (nSPS) is 17.0. The zero-order valence-corrected chi connectivity index (χ0v) is 21.8. The van der Waals surface area contributed by atoms with Crippen molar-refractivity contribution in [1.82, 2.24) is 16.0 Å². The van der Waals surface area contributed by atoms with Gasteiger partial charge in [-0.25, -0.2) is 4.99 Å². The van der Waals surface area contributed by atoms with Gasteiger partial charge in [-0.2, -0.15) is 0 Å². The topological polar surface area (TPSA) is 84.0 Å². The number of benzene rings is 1. The van der Waals surface area contributed by atoms with Crippen molar-refractivity contribution >= 4 is 35.8 Å². The van der Waals surface area contributed by atoms with Gasteiger partial charge in [-0.1, -0.05) is 25.0 Å². The molecule has 8 heteroatoms. The van der Waals surface area contributed by atoms with Crippen LogP contribution in [-0.4, -0.2) is 44.2 Å². The number of halogens is 1. The number of ether oxygens (including phenoxy) is 2. The Hall–Kier alpha value is -1.71. The first-order valence-corrected chi connectivity index (χ1v) is 11.8. The molecule has 7 nitrogen and oxygen atoms in total. The van der Waals surface area contributed by atoms with E-state index in [0.717, 1.165) is 49.3 Å². The van der Waals surface area contributed by atoms with Crippen LogP contribution in [0.3, 0.4) is 0 Å². The van der Waals surface area contributed by atoms with Gasteiger partial charge in [-0.15, -0.1) is 24.0 Å². The van der Waals surface area contributed by atoms with Gasteiger partial charge in [0.2, 0.25) is 5.91 Å². The van der Waals surface area contributed by atoms with Gasteiger partial charge in [0.25, 0.3) is 0 Å². The number of hydrogen-bond donors (Lipinski definition) is 3. The second kappa shape index (κ2) is 14.4. The molecule has 180 valence electrons. The minimum absolute atomic E-state index is 0. The Labute approximate surface area is 209 Å². The molecule has 2 aliphatic carbocycles. The fraction of sp³-hybridized carbons (Fsp3) is 0.667. The van der Waals surface area contributed by atoms with E-state index in [9.17, 15) is 4.79 Å². The van der Waals surface area contributed by atoms with Crippen molar-refractivity contribution in [2.24, 2.45) is 4.99 Å². The number of guanidine groups is 1. The number of hydrogen-bond acceptors (Lipinski definition) is 4. The summed E-state index contributed by atoms with van der Waals surface area (Å²) in [6.45, 7) is 3.81. The van der Waals surface area contributed by atoms with E-state index in [1.807, 2.05) is 25.1 Å². The Bertz CT molecular complexity index is 732. The molecule has 0 aliphatic heterocycles. The van der Waals surface area contributed by atoms with Gasteiger partial charge in [-0.05, 0) is 51.5 Å². The van der Waals surface area contributed by atoms with Gasteiger partial charge in [0.05, 0.1) is 19.8 Å². The fourth-order valence-electron chi connectivity index (χ4n) is 4.32. The lowest BCUT2D eigenvalue weighted by molar-refractivity contribution is -0.121. The summed E-state index contributed by atoms with van der Waals surface area (Å²) in [6.07, 6.45) is 9.96. The van der Waals surface area contributed by atoms with E-state index in [1.54, 1.807) is 7.11 Å². The number of rotatable bonds is 10. The molecule has 0 heterocycles. The number of nitrogens with zero attached hydrogens (tertiary/aromatic N) is 1. The number of nitrogens with one attached hydrogen (secondary N) is 3. The smallest absolute Gasteiger partial charge is 0.221 e. The molecular weight excluding hydrogens is 519 g/mol. The third-order valence-corrected chi connectivity index (χ3v) is 5.98. The van der Waals surface area contributed by atoms with Crippen molar-refractivity contribution in [1.29, 1.82) is 0 Å². The van der Waals surface area contributed by atoms with E-state index < -0.39 is 0 Å². The van der Waals surface area contributed by atoms with E-state index in [0.29, 0.717) is 31.5 Å². The molecule has 32 heavy (non-hydrogen) atoms. The first kappa shape index (κ1) is 26.5. The molecular formula is C24H39IN4O3. The lowest BCUT2D eigenvalue weighted by atomic mass is 10.1.